The highest BCUT2D eigenvalue weighted by Crippen LogP contribution is 2.30. The van der Waals surface area contributed by atoms with E-state index in [0.717, 1.165) is 5.69 Å². The third-order valence-corrected chi connectivity index (χ3v) is 4.98. The van der Waals surface area contributed by atoms with Crippen molar-refractivity contribution < 1.29 is 9.90 Å². The molecule has 0 radical (unpaired) electrons. The number of hydrogen-bond acceptors (Lipinski definition) is 4. The Morgan fingerprint density at radius 1 is 1.36 bits per heavy atom. The van der Waals surface area contributed by atoms with Gasteiger partial charge in [-0.05, 0) is 44.2 Å². The molecular formula is C18H24N4O3. The van der Waals surface area contributed by atoms with Crippen LogP contribution in [0.2, 0.25) is 0 Å². The fourth-order valence-electron chi connectivity index (χ4n) is 3.57. The van der Waals surface area contributed by atoms with Gasteiger partial charge in [-0.2, -0.15) is 0 Å². The van der Waals surface area contributed by atoms with Crippen LogP contribution in [0.3, 0.4) is 0 Å². The van der Waals surface area contributed by atoms with Gasteiger partial charge < -0.3 is 19.6 Å². The first-order valence-corrected chi connectivity index (χ1v) is 8.53. The molecule has 1 fully saturated rings. The molecule has 0 aliphatic carbocycles. The quantitative estimate of drug-likeness (QED) is 0.878. The van der Waals surface area contributed by atoms with Crippen LogP contribution in [-0.2, 0) is 7.05 Å². The molecule has 7 heteroatoms. The highest BCUT2D eigenvalue weighted by molar-refractivity contribution is 5.95. The van der Waals surface area contributed by atoms with E-state index in [2.05, 4.69) is 9.97 Å². The van der Waals surface area contributed by atoms with Gasteiger partial charge in [0.1, 0.15) is 17.5 Å². The fraction of sp³-hybridized carbons (Fsp3) is 0.500. The van der Waals surface area contributed by atoms with E-state index in [-0.39, 0.29) is 22.9 Å². The maximum absolute atomic E-state index is 12.7. The number of likely N-dealkylation sites (tertiary alicyclic amines) is 1. The molecule has 3 heterocycles. The number of aromatic nitrogens is 3. The summed E-state index contributed by atoms with van der Waals surface area (Å²) in [5.74, 6) is 0.474. The van der Waals surface area contributed by atoms with Crippen molar-refractivity contribution >= 4 is 5.91 Å². The van der Waals surface area contributed by atoms with Gasteiger partial charge >= 0.3 is 0 Å². The molecule has 1 atom stereocenters. The summed E-state index contributed by atoms with van der Waals surface area (Å²) in [5.41, 5.74) is 1.32. The number of aliphatic hydroxyl groups is 1. The fourth-order valence-corrected chi connectivity index (χ4v) is 3.57. The zero-order chi connectivity index (χ0) is 18.1. The van der Waals surface area contributed by atoms with Crippen molar-refractivity contribution in [3.63, 3.8) is 0 Å². The van der Waals surface area contributed by atoms with Crippen LogP contribution in [0.5, 0.6) is 0 Å². The van der Waals surface area contributed by atoms with Gasteiger partial charge in [-0.3, -0.25) is 9.59 Å². The molecule has 7 nitrogen and oxygen atoms in total. The number of nitrogens with one attached hydrogen (secondary N) is 1. The van der Waals surface area contributed by atoms with E-state index in [0.29, 0.717) is 37.3 Å². The first-order chi connectivity index (χ1) is 11.9. The minimum absolute atomic E-state index is 0.0579. The van der Waals surface area contributed by atoms with Gasteiger partial charge in [0.05, 0.1) is 0 Å². The lowest BCUT2D eigenvalue weighted by molar-refractivity contribution is 0.0418. The standard InChI is InChI=1S/C18H24N4O3/c1-11-10-12(2)20-17(24)14(11)18(25)22-7-4-13(5-8-22)15(23)16-19-6-9-21(16)3/h6,9-10,13,15,23H,4-5,7-8H2,1-3H3,(H,20,24). The van der Waals surface area contributed by atoms with Crippen molar-refractivity contribution in [1.29, 1.82) is 0 Å². The maximum atomic E-state index is 12.7. The van der Waals surface area contributed by atoms with Crippen LogP contribution in [0.25, 0.3) is 0 Å². The second-order valence-corrected chi connectivity index (χ2v) is 6.81. The van der Waals surface area contributed by atoms with Crippen LogP contribution in [0, 0.1) is 19.8 Å². The number of H-pyrrole nitrogens is 1. The smallest absolute Gasteiger partial charge is 0.261 e. The molecule has 1 unspecified atom stereocenters. The van der Waals surface area contributed by atoms with Gasteiger partial charge in [-0.25, -0.2) is 4.98 Å². The van der Waals surface area contributed by atoms with Crippen molar-refractivity contribution in [2.45, 2.75) is 32.8 Å². The lowest BCUT2D eigenvalue weighted by Crippen LogP contribution is -2.42. The molecule has 2 aromatic heterocycles. The van der Waals surface area contributed by atoms with Gasteiger partial charge in [0.25, 0.3) is 11.5 Å². The topological polar surface area (TPSA) is 91.2 Å². The number of piperidine rings is 1. The molecule has 0 spiro atoms. The SMILES string of the molecule is Cc1cc(C)c(C(=O)N2CCC(C(O)c3nccn3C)CC2)c(=O)[nH]1. The highest BCUT2D eigenvalue weighted by atomic mass is 16.3. The van der Waals surface area contributed by atoms with Gasteiger partial charge in [0.2, 0.25) is 0 Å². The predicted molar refractivity (Wildman–Crippen MR) is 93.3 cm³/mol. The van der Waals surface area contributed by atoms with E-state index in [9.17, 15) is 14.7 Å². The summed E-state index contributed by atoms with van der Waals surface area (Å²) in [6.45, 7) is 4.63. The van der Waals surface area contributed by atoms with Crippen molar-refractivity contribution in [1.82, 2.24) is 19.4 Å². The molecule has 2 aromatic rings. The molecule has 0 bridgehead atoms. The average molecular weight is 344 g/mol. The number of nitrogens with zero attached hydrogens (tertiary/aromatic N) is 3. The summed E-state index contributed by atoms with van der Waals surface area (Å²) in [6.07, 6.45) is 4.21. The number of carbonyl (C=O) groups excluding carboxylic acids is 1. The van der Waals surface area contributed by atoms with Crippen molar-refractivity contribution in [3.05, 3.63) is 51.5 Å². The predicted octanol–water partition coefficient (Wildman–Crippen LogP) is 1.31. The Hall–Kier alpha value is -2.41. The monoisotopic (exact) mass is 344 g/mol. The van der Waals surface area contributed by atoms with Crippen molar-refractivity contribution in [3.8, 4) is 0 Å². The number of carbonyl (C=O) groups is 1. The van der Waals surface area contributed by atoms with Crippen LogP contribution < -0.4 is 5.56 Å². The molecule has 25 heavy (non-hydrogen) atoms. The Morgan fingerprint density at radius 3 is 2.60 bits per heavy atom. The first-order valence-electron chi connectivity index (χ1n) is 8.53. The number of amides is 1. The molecule has 0 saturated carbocycles. The number of imidazole rings is 1. The molecule has 1 saturated heterocycles. The maximum Gasteiger partial charge on any atom is 0.261 e. The lowest BCUT2D eigenvalue weighted by Gasteiger charge is -2.34. The third-order valence-electron chi connectivity index (χ3n) is 4.98. The Kier molecular flexibility index (Phi) is 4.76. The Morgan fingerprint density at radius 2 is 2.04 bits per heavy atom. The van der Waals surface area contributed by atoms with Crippen LogP contribution in [0.4, 0.5) is 0 Å². The van der Waals surface area contributed by atoms with Gasteiger partial charge in [-0.1, -0.05) is 0 Å². The number of aryl methyl sites for hydroxylation is 3. The minimum Gasteiger partial charge on any atom is -0.385 e. The molecular weight excluding hydrogens is 320 g/mol. The molecule has 1 aliphatic heterocycles. The van der Waals surface area contributed by atoms with Crippen molar-refractivity contribution in [2.24, 2.45) is 13.0 Å². The first kappa shape index (κ1) is 17.4. The Bertz CT molecular complexity index is 831. The van der Waals surface area contributed by atoms with Crippen molar-refractivity contribution in [2.75, 3.05) is 13.1 Å². The van der Waals surface area contributed by atoms with Gasteiger partial charge in [0.15, 0.2) is 0 Å². The van der Waals surface area contributed by atoms with Gasteiger partial charge in [-0.15, -0.1) is 0 Å². The minimum atomic E-state index is -0.637. The number of aromatic amines is 1. The summed E-state index contributed by atoms with van der Waals surface area (Å²) in [4.78, 5) is 33.5. The number of pyridine rings is 1. The van der Waals surface area contributed by atoms with E-state index >= 15 is 0 Å². The van der Waals surface area contributed by atoms with E-state index in [1.807, 2.05) is 23.9 Å². The van der Waals surface area contributed by atoms with E-state index in [1.54, 1.807) is 24.9 Å². The molecule has 134 valence electrons. The molecule has 2 N–H and O–H groups in total. The summed E-state index contributed by atoms with van der Waals surface area (Å²) in [6, 6.07) is 1.81. The lowest BCUT2D eigenvalue weighted by atomic mass is 9.90. The van der Waals surface area contributed by atoms with E-state index in [1.165, 1.54) is 0 Å². The zero-order valence-electron chi connectivity index (χ0n) is 14.8. The second-order valence-electron chi connectivity index (χ2n) is 6.81. The highest BCUT2D eigenvalue weighted by Gasteiger charge is 2.31. The van der Waals surface area contributed by atoms with Crippen LogP contribution in [0.15, 0.2) is 23.3 Å². The third kappa shape index (κ3) is 3.37. The van der Waals surface area contributed by atoms with Crippen LogP contribution in [-0.4, -0.2) is 43.5 Å². The molecule has 3 rings (SSSR count). The molecule has 0 aromatic carbocycles. The second kappa shape index (κ2) is 6.84. The van der Waals surface area contributed by atoms with E-state index < -0.39 is 6.10 Å². The van der Waals surface area contributed by atoms with Crippen LogP contribution >= 0.6 is 0 Å². The number of rotatable bonds is 3. The Balaban J connectivity index is 1.69. The number of hydrogen-bond donors (Lipinski definition) is 2. The summed E-state index contributed by atoms with van der Waals surface area (Å²) in [7, 11) is 1.86. The Labute approximate surface area is 146 Å². The zero-order valence-corrected chi connectivity index (χ0v) is 14.8. The largest absolute Gasteiger partial charge is 0.385 e. The average Bonchev–Trinajstić information content (AvgIpc) is 2.99. The van der Waals surface area contributed by atoms with Gasteiger partial charge in [0, 0.05) is 38.2 Å². The molecule has 1 amide bonds. The number of aliphatic hydroxyl groups excluding tert-OH is 1. The summed E-state index contributed by atoms with van der Waals surface area (Å²) in [5, 5.41) is 10.5. The summed E-state index contributed by atoms with van der Waals surface area (Å²) < 4.78 is 1.82. The normalized spacial score (nSPS) is 16.9. The molecule has 1 aliphatic rings. The van der Waals surface area contributed by atoms with E-state index in [4.69, 9.17) is 0 Å². The van der Waals surface area contributed by atoms with Crippen LogP contribution in [0.1, 0.15) is 46.4 Å². The summed E-state index contributed by atoms with van der Waals surface area (Å²) >= 11 is 0.